The quantitative estimate of drug-likeness (QED) is 0.176. The van der Waals surface area contributed by atoms with E-state index in [2.05, 4.69) is 6.92 Å². The summed E-state index contributed by atoms with van der Waals surface area (Å²) in [7, 11) is 0. The van der Waals surface area contributed by atoms with Gasteiger partial charge in [0.25, 0.3) is 0 Å². The van der Waals surface area contributed by atoms with Crippen molar-refractivity contribution in [2.75, 3.05) is 6.61 Å². The minimum absolute atomic E-state index is 0.0805. The third-order valence-electron chi connectivity index (χ3n) is 5.96. The van der Waals surface area contributed by atoms with Gasteiger partial charge in [0.2, 0.25) is 0 Å². The van der Waals surface area contributed by atoms with Crippen molar-refractivity contribution in [3.8, 4) is 0 Å². The fourth-order valence-electron chi connectivity index (χ4n) is 4.02. The SMILES string of the molecule is CCCCCCCCCCCCCCCCC(CCCC(=O)O)C(O)C(O)CO. The van der Waals surface area contributed by atoms with Crippen LogP contribution in [0.15, 0.2) is 0 Å². The van der Waals surface area contributed by atoms with Crippen molar-refractivity contribution in [2.24, 2.45) is 5.92 Å². The highest BCUT2D eigenvalue weighted by Gasteiger charge is 2.25. The van der Waals surface area contributed by atoms with E-state index in [1.165, 1.54) is 77.0 Å². The molecule has 0 heterocycles. The number of hydrogen-bond acceptors (Lipinski definition) is 4. The zero-order chi connectivity index (χ0) is 21.7. The first kappa shape index (κ1) is 28.4. The molecule has 3 unspecified atom stereocenters. The Kier molecular flexibility index (Phi) is 20.2. The van der Waals surface area contributed by atoms with Gasteiger partial charge < -0.3 is 20.4 Å². The van der Waals surface area contributed by atoms with Crippen LogP contribution in [0.1, 0.15) is 122 Å². The van der Waals surface area contributed by atoms with Crippen LogP contribution in [0.2, 0.25) is 0 Å². The summed E-state index contributed by atoms with van der Waals surface area (Å²) < 4.78 is 0. The molecule has 0 aromatic heterocycles. The van der Waals surface area contributed by atoms with Crippen molar-refractivity contribution in [1.82, 2.24) is 0 Å². The van der Waals surface area contributed by atoms with Gasteiger partial charge in [-0.25, -0.2) is 0 Å². The van der Waals surface area contributed by atoms with Gasteiger partial charge in [-0.05, 0) is 25.2 Å². The second-order valence-electron chi connectivity index (χ2n) is 8.67. The van der Waals surface area contributed by atoms with Crippen LogP contribution in [0, 0.1) is 5.92 Å². The van der Waals surface area contributed by atoms with Gasteiger partial charge in [-0.3, -0.25) is 4.79 Å². The molecule has 5 nitrogen and oxygen atoms in total. The van der Waals surface area contributed by atoms with Crippen molar-refractivity contribution in [3.05, 3.63) is 0 Å². The summed E-state index contributed by atoms with van der Waals surface area (Å²) in [6, 6.07) is 0. The van der Waals surface area contributed by atoms with E-state index in [1.54, 1.807) is 0 Å². The molecule has 174 valence electrons. The number of aliphatic hydroxyl groups is 3. The summed E-state index contributed by atoms with van der Waals surface area (Å²) in [5, 5.41) is 37.7. The molecule has 0 radical (unpaired) electrons. The van der Waals surface area contributed by atoms with Crippen LogP contribution in [0.5, 0.6) is 0 Å². The highest BCUT2D eigenvalue weighted by atomic mass is 16.4. The number of aliphatic carboxylic acids is 1. The summed E-state index contributed by atoms with van der Waals surface area (Å²) in [5.74, 6) is -0.980. The van der Waals surface area contributed by atoms with Gasteiger partial charge >= 0.3 is 5.97 Å². The Morgan fingerprint density at radius 3 is 1.52 bits per heavy atom. The smallest absolute Gasteiger partial charge is 0.303 e. The lowest BCUT2D eigenvalue weighted by atomic mass is 9.87. The maximum Gasteiger partial charge on any atom is 0.303 e. The van der Waals surface area contributed by atoms with E-state index in [4.69, 9.17) is 10.2 Å². The van der Waals surface area contributed by atoms with Crippen molar-refractivity contribution >= 4 is 5.97 Å². The number of hydrogen-bond donors (Lipinski definition) is 4. The second kappa shape index (κ2) is 20.6. The maximum absolute atomic E-state index is 10.7. The topological polar surface area (TPSA) is 98.0 Å². The number of carboxylic acids is 1. The molecule has 0 amide bonds. The Balaban J connectivity index is 3.69. The predicted molar refractivity (Wildman–Crippen MR) is 119 cm³/mol. The molecule has 0 bridgehead atoms. The van der Waals surface area contributed by atoms with Crippen molar-refractivity contribution in [2.45, 2.75) is 135 Å². The highest BCUT2D eigenvalue weighted by Crippen LogP contribution is 2.23. The molecule has 4 N–H and O–H groups in total. The van der Waals surface area contributed by atoms with Gasteiger partial charge in [0.05, 0.1) is 12.7 Å². The number of unbranched alkanes of at least 4 members (excludes halogenated alkanes) is 13. The normalized spacial score (nSPS) is 14.6. The first-order chi connectivity index (χ1) is 14.0. The number of carbonyl (C=O) groups is 1. The minimum atomic E-state index is -1.14. The van der Waals surface area contributed by atoms with Gasteiger partial charge in [0.15, 0.2) is 0 Å². The van der Waals surface area contributed by atoms with Crippen LogP contribution in [0.25, 0.3) is 0 Å². The molecule has 0 aliphatic carbocycles. The average Bonchev–Trinajstić information content (AvgIpc) is 2.71. The molecular formula is C24H48O5. The summed E-state index contributed by atoms with van der Waals surface area (Å²) in [6.45, 7) is 1.79. The molecule has 3 atom stereocenters. The third kappa shape index (κ3) is 17.9. The lowest BCUT2D eigenvalue weighted by molar-refractivity contribution is -0.137. The van der Waals surface area contributed by atoms with Gasteiger partial charge in [-0.2, -0.15) is 0 Å². The molecule has 0 fully saturated rings. The molecule has 0 aromatic rings. The van der Waals surface area contributed by atoms with E-state index in [9.17, 15) is 15.0 Å². The van der Waals surface area contributed by atoms with Crippen LogP contribution >= 0.6 is 0 Å². The molecular weight excluding hydrogens is 368 g/mol. The standard InChI is InChI=1S/C24H48O5/c1-2-3-4-5-6-7-8-9-10-11-12-13-14-15-17-21(18-16-19-23(27)28)24(29)22(26)20-25/h21-22,24-26,29H,2-20H2,1H3,(H,27,28). The average molecular weight is 417 g/mol. The molecule has 29 heavy (non-hydrogen) atoms. The number of carboxylic acid groups (broad SMARTS) is 1. The van der Waals surface area contributed by atoms with E-state index in [0.29, 0.717) is 12.8 Å². The zero-order valence-corrected chi connectivity index (χ0v) is 18.9. The zero-order valence-electron chi connectivity index (χ0n) is 18.9. The fraction of sp³-hybridized carbons (Fsp3) is 0.958. The molecule has 0 saturated carbocycles. The van der Waals surface area contributed by atoms with E-state index < -0.39 is 24.8 Å². The molecule has 0 aromatic carbocycles. The number of aliphatic hydroxyl groups excluding tert-OH is 3. The van der Waals surface area contributed by atoms with Crippen molar-refractivity contribution in [1.29, 1.82) is 0 Å². The van der Waals surface area contributed by atoms with E-state index in [1.807, 2.05) is 0 Å². The second-order valence-corrected chi connectivity index (χ2v) is 8.67. The molecule has 0 aliphatic rings. The summed E-state index contributed by atoms with van der Waals surface area (Å²) in [5.41, 5.74) is 0. The lowest BCUT2D eigenvalue weighted by Gasteiger charge is -2.26. The van der Waals surface area contributed by atoms with Crippen LogP contribution in [-0.2, 0) is 4.79 Å². The monoisotopic (exact) mass is 416 g/mol. The molecule has 0 rings (SSSR count). The third-order valence-corrected chi connectivity index (χ3v) is 5.96. The van der Waals surface area contributed by atoms with Gasteiger partial charge in [0, 0.05) is 6.42 Å². The van der Waals surface area contributed by atoms with Crippen LogP contribution in [0.4, 0.5) is 0 Å². The van der Waals surface area contributed by atoms with Gasteiger partial charge in [0.1, 0.15) is 6.10 Å². The fourth-order valence-corrected chi connectivity index (χ4v) is 4.02. The number of rotatable bonds is 22. The van der Waals surface area contributed by atoms with Crippen LogP contribution in [-0.4, -0.2) is 45.2 Å². The van der Waals surface area contributed by atoms with Crippen LogP contribution < -0.4 is 0 Å². The summed E-state index contributed by atoms with van der Waals surface area (Å²) in [4.78, 5) is 10.7. The Morgan fingerprint density at radius 2 is 1.10 bits per heavy atom. The maximum atomic E-state index is 10.7. The van der Waals surface area contributed by atoms with Crippen LogP contribution in [0.3, 0.4) is 0 Å². The lowest BCUT2D eigenvalue weighted by Crippen LogP contribution is -2.36. The van der Waals surface area contributed by atoms with Gasteiger partial charge in [-0.1, -0.05) is 96.8 Å². The van der Waals surface area contributed by atoms with Crippen molar-refractivity contribution < 1.29 is 25.2 Å². The predicted octanol–water partition coefficient (Wildman–Crippen LogP) is 5.44. The molecule has 0 saturated heterocycles. The largest absolute Gasteiger partial charge is 0.481 e. The highest BCUT2D eigenvalue weighted by molar-refractivity contribution is 5.66. The first-order valence-electron chi connectivity index (χ1n) is 12.2. The van der Waals surface area contributed by atoms with E-state index in [0.717, 1.165) is 19.3 Å². The Hall–Kier alpha value is -0.650. The Labute approximate surface area is 178 Å². The van der Waals surface area contributed by atoms with Gasteiger partial charge in [-0.15, -0.1) is 0 Å². The minimum Gasteiger partial charge on any atom is -0.481 e. The molecule has 0 aliphatic heterocycles. The summed E-state index contributed by atoms with van der Waals surface area (Å²) >= 11 is 0. The molecule has 0 spiro atoms. The van der Waals surface area contributed by atoms with E-state index >= 15 is 0 Å². The first-order valence-corrected chi connectivity index (χ1v) is 12.2. The summed E-state index contributed by atoms with van der Waals surface area (Å²) in [6.07, 6.45) is 17.9. The Morgan fingerprint density at radius 1 is 0.690 bits per heavy atom. The Bertz CT molecular complexity index is 361. The van der Waals surface area contributed by atoms with Crippen molar-refractivity contribution in [3.63, 3.8) is 0 Å². The molecule has 5 heteroatoms. The van der Waals surface area contributed by atoms with E-state index in [-0.39, 0.29) is 12.3 Å².